The van der Waals surface area contributed by atoms with Gasteiger partial charge in [-0.05, 0) is 52.7 Å². The zero-order chi connectivity index (χ0) is 23.4. The molecule has 0 fully saturated rings. The summed E-state index contributed by atoms with van der Waals surface area (Å²) in [6, 6.07) is 25.6. The first kappa shape index (κ1) is 22.3. The van der Waals surface area contributed by atoms with Crippen molar-refractivity contribution in [3.63, 3.8) is 0 Å². The van der Waals surface area contributed by atoms with Crippen molar-refractivity contribution < 1.29 is 23.2 Å². The third-order valence-electron chi connectivity index (χ3n) is 5.30. The molecule has 0 unspecified atom stereocenters. The molecule has 0 aliphatic heterocycles. The van der Waals surface area contributed by atoms with Crippen LogP contribution in [0, 0.1) is 0 Å². The van der Waals surface area contributed by atoms with Gasteiger partial charge in [0, 0.05) is 0 Å². The number of nitrogens with one attached hydrogen (secondary N) is 1. The maximum atomic E-state index is 13.8. The molecule has 0 saturated heterocycles. The van der Waals surface area contributed by atoms with Crippen molar-refractivity contribution in [1.29, 1.82) is 0 Å². The molecule has 0 aliphatic carbocycles. The number of amides is 1. The van der Waals surface area contributed by atoms with Gasteiger partial charge in [0.25, 0.3) is 15.9 Å². The Morgan fingerprint density at radius 2 is 1.52 bits per heavy atom. The van der Waals surface area contributed by atoms with E-state index in [1.54, 1.807) is 29.7 Å². The summed E-state index contributed by atoms with van der Waals surface area (Å²) in [4.78, 5) is 12.6. The van der Waals surface area contributed by atoms with E-state index in [2.05, 4.69) is 0 Å². The van der Waals surface area contributed by atoms with Crippen molar-refractivity contribution in [2.24, 2.45) is 0 Å². The summed E-state index contributed by atoms with van der Waals surface area (Å²) in [5.74, 6) is -0.284. The number of hydroxylamine groups is 1. The predicted molar refractivity (Wildman–Crippen MR) is 126 cm³/mol. The van der Waals surface area contributed by atoms with Gasteiger partial charge in [-0.15, -0.1) is 0 Å². The summed E-state index contributed by atoms with van der Waals surface area (Å²) in [7, 11) is -2.59. The monoisotopic (exact) mass is 462 g/mol. The van der Waals surface area contributed by atoms with Gasteiger partial charge < -0.3 is 4.74 Å². The summed E-state index contributed by atoms with van der Waals surface area (Å²) in [5.41, 5.74) is 2.55. The summed E-state index contributed by atoms with van der Waals surface area (Å²) in [6.45, 7) is -0.0146. The summed E-state index contributed by atoms with van der Waals surface area (Å²) < 4.78 is 34.0. The lowest BCUT2D eigenvalue weighted by atomic mass is 10.0. The number of carbonyl (C=O) groups is 1. The number of carbonyl (C=O) groups excluding carboxylic acids is 1. The molecule has 0 radical (unpaired) electrons. The van der Waals surface area contributed by atoms with Crippen LogP contribution in [0.4, 0.5) is 5.69 Å². The lowest BCUT2D eigenvalue weighted by molar-refractivity contribution is 0.0707. The van der Waals surface area contributed by atoms with Gasteiger partial charge in [-0.25, -0.2) is 13.9 Å². The Morgan fingerprint density at radius 1 is 0.909 bits per heavy atom. The Kier molecular flexibility index (Phi) is 6.30. The van der Waals surface area contributed by atoms with Crippen molar-refractivity contribution in [3.8, 4) is 5.75 Å². The molecule has 1 amide bonds. The largest absolute Gasteiger partial charge is 0.497 e. The highest BCUT2D eigenvalue weighted by molar-refractivity contribution is 7.92. The highest BCUT2D eigenvalue weighted by Gasteiger charge is 2.29. The SMILES string of the molecule is COc1ccc(S(=O)(=O)N(Cc2ccccc2)c2cc3ccccc3cc2C(=O)NO)cc1. The molecule has 0 atom stereocenters. The standard InChI is InChI=1S/C25H22N2O5S/c1-32-21-11-13-22(14-12-21)33(30,31)27(17-18-7-3-2-4-8-18)24-16-20-10-6-5-9-19(20)15-23(24)25(28)26-29/h2-16,29H,17H2,1H3,(H,26,28). The van der Waals surface area contributed by atoms with Crippen LogP contribution in [0.2, 0.25) is 0 Å². The molecular weight excluding hydrogens is 440 g/mol. The maximum Gasteiger partial charge on any atom is 0.276 e. The molecule has 4 aromatic carbocycles. The molecule has 4 rings (SSSR count). The van der Waals surface area contributed by atoms with Crippen LogP contribution in [0.1, 0.15) is 15.9 Å². The van der Waals surface area contributed by atoms with Gasteiger partial charge in [-0.1, -0.05) is 54.6 Å². The number of benzene rings is 4. The van der Waals surface area contributed by atoms with Crippen molar-refractivity contribution >= 4 is 32.4 Å². The van der Waals surface area contributed by atoms with Gasteiger partial charge in [0.1, 0.15) is 5.75 Å². The van der Waals surface area contributed by atoms with E-state index in [1.165, 1.54) is 23.5 Å². The molecule has 0 spiro atoms. The number of anilines is 1. The first-order valence-corrected chi connectivity index (χ1v) is 11.6. The number of sulfonamides is 1. The van der Waals surface area contributed by atoms with Crippen molar-refractivity contribution in [2.45, 2.75) is 11.4 Å². The molecule has 0 aromatic heterocycles. The number of hydrogen-bond acceptors (Lipinski definition) is 5. The van der Waals surface area contributed by atoms with Crippen LogP contribution >= 0.6 is 0 Å². The topological polar surface area (TPSA) is 95.9 Å². The quantitative estimate of drug-likeness (QED) is 0.314. The first-order chi connectivity index (χ1) is 15.9. The third kappa shape index (κ3) is 4.52. The van der Waals surface area contributed by atoms with Gasteiger partial charge in [0.05, 0.1) is 29.8 Å². The average Bonchev–Trinajstić information content (AvgIpc) is 2.86. The van der Waals surface area contributed by atoms with Crippen LogP contribution in [-0.2, 0) is 16.6 Å². The van der Waals surface area contributed by atoms with Crippen LogP contribution < -0.4 is 14.5 Å². The molecule has 0 aliphatic rings. The van der Waals surface area contributed by atoms with Crippen LogP contribution in [0.5, 0.6) is 5.75 Å². The first-order valence-electron chi connectivity index (χ1n) is 10.1. The highest BCUT2D eigenvalue weighted by Crippen LogP contribution is 2.33. The molecule has 2 N–H and O–H groups in total. The molecule has 33 heavy (non-hydrogen) atoms. The highest BCUT2D eigenvalue weighted by atomic mass is 32.2. The lowest BCUT2D eigenvalue weighted by Crippen LogP contribution is -2.33. The fraction of sp³-hybridized carbons (Fsp3) is 0.0800. The summed E-state index contributed by atoms with van der Waals surface area (Å²) >= 11 is 0. The van der Waals surface area contributed by atoms with Gasteiger partial charge in [0.2, 0.25) is 0 Å². The number of nitrogens with zero attached hydrogens (tertiary/aromatic N) is 1. The number of methoxy groups -OCH3 is 1. The van der Waals surface area contributed by atoms with Gasteiger partial charge >= 0.3 is 0 Å². The summed E-state index contributed by atoms with van der Waals surface area (Å²) in [6.07, 6.45) is 0. The number of hydrogen-bond donors (Lipinski definition) is 2. The van der Waals surface area contributed by atoms with Crippen molar-refractivity contribution in [2.75, 3.05) is 11.4 Å². The zero-order valence-corrected chi connectivity index (χ0v) is 18.6. The minimum Gasteiger partial charge on any atom is -0.497 e. The maximum absolute atomic E-state index is 13.8. The van der Waals surface area contributed by atoms with Crippen LogP contribution in [-0.4, -0.2) is 26.6 Å². The second-order valence-corrected chi connectivity index (χ2v) is 9.19. The number of fused-ring (bicyclic) bond motifs is 1. The molecule has 0 heterocycles. The van der Waals surface area contributed by atoms with E-state index in [0.717, 1.165) is 16.3 Å². The molecule has 0 saturated carbocycles. The Bertz CT molecular complexity index is 1390. The molecule has 4 aromatic rings. The molecule has 7 nitrogen and oxygen atoms in total. The van der Waals surface area contributed by atoms with Gasteiger partial charge in [-0.3, -0.25) is 14.3 Å². The van der Waals surface area contributed by atoms with Gasteiger partial charge in [0.15, 0.2) is 0 Å². The average molecular weight is 463 g/mol. The fourth-order valence-electron chi connectivity index (χ4n) is 3.60. The Balaban J connectivity index is 1.94. The van der Waals surface area contributed by atoms with Crippen molar-refractivity contribution in [3.05, 3.63) is 102 Å². The lowest BCUT2D eigenvalue weighted by Gasteiger charge is -2.27. The second kappa shape index (κ2) is 9.32. The molecular formula is C25H22N2O5S. The smallest absolute Gasteiger partial charge is 0.276 e. The van der Waals surface area contributed by atoms with Crippen molar-refractivity contribution in [1.82, 2.24) is 5.48 Å². The Hall–Kier alpha value is -3.88. The van der Waals surface area contributed by atoms with E-state index in [1.807, 2.05) is 54.6 Å². The van der Waals surface area contributed by atoms with Crippen LogP contribution in [0.15, 0.2) is 95.9 Å². The zero-order valence-electron chi connectivity index (χ0n) is 17.8. The van der Waals surface area contributed by atoms with E-state index in [0.29, 0.717) is 5.75 Å². The fourth-order valence-corrected chi connectivity index (χ4v) is 5.06. The minimum atomic E-state index is -4.09. The van der Waals surface area contributed by atoms with E-state index in [-0.39, 0.29) is 22.7 Å². The van der Waals surface area contributed by atoms with Crippen LogP contribution in [0.3, 0.4) is 0 Å². The minimum absolute atomic E-state index is 0.0146. The summed E-state index contributed by atoms with van der Waals surface area (Å²) in [5, 5.41) is 10.8. The Morgan fingerprint density at radius 3 is 2.12 bits per heavy atom. The van der Waals surface area contributed by atoms with E-state index in [4.69, 9.17) is 4.74 Å². The van der Waals surface area contributed by atoms with E-state index >= 15 is 0 Å². The molecule has 0 bridgehead atoms. The second-order valence-electron chi connectivity index (χ2n) is 7.33. The predicted octanol–water partition coefficient (Wildman–Crippen LogP) is 4.36. The van der Waals surface area contributed by atoms with E-state index in [9.17, 15) is 18.4 Å². The van der Waals surface area contributed by atoms with E-state index < -0.39 is 15.9 Å². The normalized spacial score (nSPS) is 11.2. The molecule has 168 valence electrons. The molecule has 8 heteroatoms. The number of rotatable bonds is 7. The van der Waals surface area contributed by atoms with Crippen LogP contribution in [0.25, 0.3) is 10.8 Å². The Labute approximate surface area is 191 Å². The third-order valence-corrected chi connectivity index (χ3v) is 7.07. The number of ether oxygens (including phenoxy) is 1. The van der Waals surface area contributed by atoms with Gasteiger partial charge in [-0.2, -0.15) is 0 Å².